The normalized spacial score (nSPS) is 19.6. The van der Waals surface area contributed by atoms with Crippen LogP contribution in [-0.4, -0.2) is 47.9 Å². The molecular formula is C30H27N6O9P. The lowest BCUT2D eigenvalue weighted by atomic mass is 9.78. The van der Waals surface area contributed by atoms with Crippen LogP contribution >= 0.6 is 7.82 Å². The smallest absolute Gasteiger partial charge is 0.456 e. The van der Waals surface area contributed by atoms with Gasteiger partial charge >= 0.3 is 13.8 Å². The minimum Gasteiger partial charge on any atom is -0.456 e. The maximum absolute atomic E-state index is 14.4. The van der Waals surface area contributed by atoms with Gasteiger partial charge in [-0.05, 0) is 59.3 Å². The molecule has 2 aliphatic rings. The Kier molecular flexibility index (Phi) is 8.24. The molecule has 6 rings (SSSR count). The average molecular weight is 647 g/mol. The molecule has 46 heavy (non-hydrogen) atoms. The van der Waals surface area contributed by atoms with Crippen molar-refractivity contribution in [3.63, 3.8) is 0 Å². The van der Waals surface area contributed by atoms with Gasteiger partial charge in [0, 0.05) is 18.1 Å². The van der Waals surface area contributed by atoms with Gasteiger partial charge < -0.3 is 18.3 Å². The van der Waals surface area contributed by atoms with Gasteiger partial charge in [0.05, 0.1) is 22.9 Å². The highest BCUT2D eigenvalue weighted by molar-refractivity contribution is 7.49. The molecule has 236 valence electrons. The van der Waals surface area contributed by atoms with Crippen LogP contribution in [0.5, 0.6) is 11.5 Å². The third kappa shape index (κ3) is 5.92. The van der Waals surface area contributed by atoms with Crippen molar-refractivity contribution in [3.8, 4) is 11.5 Å². The molecule has 0 N–H and O–H groups in total. The molecule has 1 amide bonds. The van der Waals surface area contributed by atoms with E-state index in [9.17, 15) is 24.3 Å². The average Bonchev–Trinajstić information content (AvgIpc) is 3.67. The van der Waals surface area contributed by atoms with Gasteiger partial charge in [0.1, 0.15) is 30.2 Å². The molecule has 1 saturated heterocycles. The Morgan fingerprint density at radius 1 is 0.978 bits per heavy atom. The van der Waals surface area contributed by atoms with Crippen LogP contribution in [0.3, 0.4) is 0 Å². The monoisotopic (exact) mass is 646 g/mol. The molecule has 16 heteroatoms. The van der Waals surface area contributed by atoms with Crippen LogP contribution in [0.2, 0.25) is 0 Å². The summed E-state index contributed by atoms with van der Waals surface area (Å²) < 4.78 is 39.0. The first-order chi connectivity index (χ1) is 22.1. The van der Waals surface area contributed by atoms with E-state index in [0.717, 1.165) is 0 Å². The first kappa shape index (κ1) is 30.5. The van der Waals surface area contributed by atoms with E-state index >= 15 is 0 Å². The summed E-state index contributed by atoms with van der Waals surface area (Å²) >= 11 is 0. The summed E-state index contributed by atoms with van der Waals surface area (Å²) in [5, 5.41) is 22.3. The lowest BCUT2D eigenvalue weighted by Crippen LogP contribution is -2.62. The SMILES string of the molecule is CC([C@H]1C(=O)N2C(C(=O)OCc3ccc([N+](=O)[O-])cc3)=C(OP(=O)(Oc3ccccc3)Oc3ccccc3)[C@H](C)[C@H]12)n1cnnn1. The van der Waals surface area contributed by atoms with Crippen LogP contribution in [0.4, 0.5) is 5.69 Å². The molecule has 0 spiro atoms. The van der Waals surface area contributed by atoms with Gasteiger partial charge in [-0.25, -0.2) is 9.48 Å². The van der Waals surface area contributed by atoms with Crippen molar-refractivity contribution in [2.75, 3.05) is 0 Å². The predicted octanol–water partition coefficient (Wildman–Crippen LogP) is 4.86. The van der Waals surface area contributed by atoms with Gasteiger partial charge in [0.15, 0.2) is 5.70 Å². The molecule has 1 fully saturated rings. The second-order valence-electron chi connectivity index (χ2n) is 10.6. The molecule has 3 aromatic carbocycles. The summed E-state index contributed by atoms with van der Waals surface area (Å²) in [5.74, 6) is -2.44. The van der Waals surface area contributed by atoms with Crippen LogP contribution in [0.15, 0.2) is 103 Å². The minimum absolute atomic E-state index is 0.117. The van der Waals surface area contributed by atoms with Crippen LogP contribution in [-0.2, 0) is 30.0 Å². The van der Waals surface area contributed by atoms with E-state index in [1.165, 1.54) is 40.2 Å². The van der Waals surface area contributed by atoms with Crippen molar-refractivity contribution < 1.29 is 37.4 Å². The number of carbonyl (C=O) groups is 2. The van der Waals surface area contributed by atoms with Crippen molar-refractivity contribution in [3.05, 3.63) is 118 Å². The van der Waals surface area contributed by atoms with E-state index in [-0.39, 0.29) is 35.2 Å². The number of β-lactam (4-membered cyclic amide) rings is 1. The highest BCUT2D eigenvalue weighted by atomic mass is 31.2. The van der Waals surface area contributed by atoms with Gasteiger partial charge in [-0.2, -0.15) is 4.57 Å². The predicted molar refractivity (Wildman–Crippen MR) is 159 cm³/mol. The molecule has 2 aliphatic heterocycles. The van der Waals surface area contributed by atoms with Gasteiger partial charge in [-0.15, -0.1) is 5.10 Å². The number of amides is 1. The summed E-state index contributed by atoms with van der Waals surface area (Å²) in [6, 6.07) is 20.8. The first-order valence-corrected chi connectivity index (χ1v) is 15.6. The Bertz CT molecular complexity index is 1780. The number of esters is 1. The molecule has 4 atom stereocenters. The highest BCUT2D eigenvalue weighted by Gasteiger charge is 2.62. The summed E-state index contributed by atoms with van der Waals surface area (Å²) in [6.07, 6.45) is 1.39. The van der Waals surface area contributed by atoms with Gasteiger partial charge in [-0.1, -0.05) is 43.3 Å². The number of benzene rings is 3. The van der Waals surface area contributed by atoms with Gasteiger partial charge in [-0.3, -0.25) is 19.8 Å². The third-order valence-electron chi connectivity index (χ3n) is 7.73. The van der Waals surface area contributed by atoms with Gasteiger partial charge in [0.25, 0.3) is 5.69 Å². The largest absolute Gasteiger partial charge is 0.646 e. The van der Waals surface area contributed by atoms with Crippen molar-refractivity contribution in [1.82, 2.24) is 25.1 Å². The zero-order chi connectivity index (χ0) is 32.4. The molecule has 15 nitrogen and oxygen atoms in total. The van der Waals surface area contributed by atoms with Crippen molar-refractivity contribution in [2.24, 2.45) is 11.8 Å². The Labute approximate surface area is 262 Å². The number of nitro groups is 1. The molecule has 0 bridgehead atoms. The van der Waals surface area contributed by atoms with Crippen molar-refractivity contribution in [2.45, 2.75) is 32.5 Å². The standard InChI is InChI=1S/C30H27N6O9P/c1-19-26-25(20(2)34-18-31-32-33-34)29(37)35(26)27(30(38)42-17-21-13-15-22(16-14-21)36(39)40)28(19)45-46(41,43-23-9-5-3-6-10-23)44-24-11-7-4-8-12-24/h3-16,18-20,25-26H,17H2,1-2H3/t19-,20?,25-,26-/m1/s1. The van der Waals surface area contributed by atoms with Crippen LogP contribution in [0, 0.1) is 22.0 Å². The van der Waals surface area contributed by atoms with Crippen LogP contribution in [0.25, 0.3) is 0 Å². The Morgan fingerprint density at radius 3 is 2.13 bits per heavy atom. The second-order valence-corrected chi connectivity index (χ2v) is 12.0. The number of non-ortho nitro benzene ring substituents is 1. The quantitative estimate of drug-likeness (QED) is 0.0672. The molecule has 0 saturated carbocycles. The number of phosphoric ester groups is 1. The summed E-state index contributed by atoms with van der Waals surface area (Å²) in [4.78, 5) is 39.1. The zero-order valence-electron chi connectivity index (χ0n) is 24.5. The van der Waals surface area contributed by atoms with Crippen LogP contribution < -0.4 is 9.05 Å². The summed E-state index contributed by atoms with van der Waals surface area (Å²) in [7, 11) is -4.56. The number of ether oxygens (including phenoxy) is 1. The van der Waals surface area contributed by atoms with Gasteiger partial charge in [0.2, 0.25) is 5.91 Å². The van der Waals surface area contributed by atoms with Crippen molar-refractivity contribution in [1.29, 1.82) is 0 Å². The van der Waals surface area contributed by atoms with E-state index in [0.29, 0.717) is 5.56 Å². The Hall–Kier alpha value is -5.56. The topological polar surface area (TPSA) is 178 Å². The maximum atomic E-state index is 14.4. The molecule has 0 aliphatic carbocycles. The summed E-state index contributed by atoms with van der Waals surface area (Å²) in [6.45, 7) is 3.24. The lowest BCUT2D eigenvalue weighted by molar-refractivity contribution is -0.384. The molecule has 1 unspecified atom stereocenters. The Morgan fingerprint density at radius 2 is 1.59 bits per heavy atom. The Balaban J connectivity index is 1.34. The minimum atomic E-state index is -4.56. The third-order valence-corrected chi connectivity index (χ3v) is 9.02. The molecule has 4 aromatic rings. The lowest BCUT2D eigenvalue weighted by Gasteiger charge is -2.47. The molecule has 0 radical (unpaired) electrons. The molecule has 1 aromatic heterocycles. The maximum Gasteiger partial charge on any atom is 0.646 e. The van der Waals surface area contributed by atoms with E-state index < -0.39 is 48.5 Å². The fourth-order valence-electron chi connectivity index (χ4n) is 5.48. The molecular weight excluding hydrogens is 619 g/mol. The fourth-order valence-corrected chi connectivity index (χ4v) is 6.85. The number of tetrazole rings is 1. The first-order valence-electron chi connectivity index (χ1n) is 14.1. The zero-order valence-corrected chi connectivity index (χ0v) is 25.4. The number of fused-ring (bicyclic) bond motifs is 1. The summed E-state index contributed by atoms with van der Waals surface area (Å²) in [5.41, 5.74) is 0.0933. The van der Waals surface area contributed by atoms with Crippen molar-refractivity contribution >= 4 is 25.4 Å². The fraction of sp³-hybridized carbons (Fsp3) is 0.233. The highest BCUT2D eigenvalue weighted by Crippen LogP contribution is 2.57. The van der Waals surface area contributed by atoms with E-state index in [2.05, 4.69) is 15.5 Å². The number of rotatable bonds is 12. The number of nitro benzene ring substituents is 1. The second kappa shape index (κ2) is 12.4. The number of hydrogen-bond acceptors (Lipinski definition) is 12. The number of phosphoric acid groups is 1. The van der Waals surface area contributed by atoms with E-state index in [4.69, 9.17) is 18.3 Å². The van der Waals surface area contributed by atoms with E-state index in [1.54, 1.807) is 74.5 Å². The number of aromatic nitrogens is 4. The molecule has 3 heterocycles. The number of nitrogens with zero attached hydrogens (tertiary/aromatic N) is 6. The number of para-hydroxylation sites is 2. The van der Waals surface area contributed by atoms with E-state index in [1.807, 2.05) is 0 Å². The van der Waals surface area contributed by atoms with Crippen LogP contribution in [0.1, 0.15) is 25.5 Å². The number of carbonyl (C=O) groups excluding carboxylic acids is 2. The number of hydrogen-bond donors (Lipinski definition) is 0.